The number of carbonyl (C=O) groups is 1. The maximum Gasteiger partial charge on any atom is 0.161 e. The summed E-state index contributed by atoms with van der Waals surface area (Å²) in [5, 5.41) is 0. The number of unbranched alkanes of at least 4 members (excludes halogenated alkanes) is 2. The van der Waals surface area contributed by atoms with E-state index in [1.807, 2.05) is 20.2 Å². The number of nitrogens with zero attached hydrogens (tertiary/aromatic N) is 1. The standard InChI is InChI=1S/C16H31NO/c1-6-8-12-16(3,13-9-7-2)15(18)11-10-14-17(4)5/h10-11H,6-9,12-14H2,1-5H3/b11-10+. The van der Waals surface area contributed by atoms with Crippen LogP contribution in [0.5, 0.6) is 0 Å². The summed E-state index contributed by atoms with van der Waals surface area (Å²) in [5.74, 6) is 0.311. The second-order valence-corrected chi connectivity index (χ2v) is 5.80. The van der Waals surface area contributed by atoms with E-state index in [4.69, 9.17) is 0 Å². The van der Waals surface area contributed by atoms with E-state index in [9.17, 15) is 4.79 Å². The molecule has 0 aromatic carbocycles. The number of carbonyl (C=O) groups excluding carboxylic acids is 1. The Labute approximate surface area is 113 Å². The topological polar surface area (TPSA) is 20.3 Å². The van der Waals surface area contributed by atoms with Crippen LogP contribution in [0.3, 0.4) is 0 Å². The summed E-state index contributed by atoms with van der Waals surface area (Å²) < 4.78 is 0. The van der Waals surface area contributed by atoms with Crippen molar-refractivity contribution >= 4 is 5.78 Å². The highest BCUT2D eigenvalue weighted by Gasteiger charge is 2.29. The van der Waals surface area contributed by atoms with Crippen molar-refractivity contribution in [2.45, 2.75) is 59.3 Å². The van der Waals surface area contributed by atoms with Gasteiger partial charge in [0.2, 0.25) is 0 Å². The van der Waals surface area contributed by atoms with Gasteiger partial charge in [0, 0.05) is 12.0 Å². The van der Waals surface area contributed by atoms with Crippen molar-refractivity contribution in [3.8, 4) is 0 Å². The maximum atomic E-state index is 12.4. The molecule has 0 heterocycles. The Hall–Kier alpha value is -0.630. The molecule has 2 nitrogen and oxygen atoms in total. The van der Waals surface area contributed by atoms with Gasteiger partial charge in [-0.3, -0.25) is 4.79 Å². The van der Waals surface area contributed by atoms with Crippen LogP contribution < -0.4 is 0 Å². The lowest BCUT2D eigenvalue weighted by molar-refractivity contribution is -0.123. The van der Waals surface area contributed by atoms with Gasteiger partial charge in [0.15, 0.2) is 5.78 Å². The molecule has 0 fully saturated rings. The normalized spacial score (nSPS) is 12.6. The molecule has 18 heavy (non-hydrogen) atoms. The van der Waals surface area contributed by atoms with Crippen molar-refractivity contribution in [2.75, 3.05) is 20.6 Å². The third-order valence-electron chi connectivity index (χ3n) is 3.50. The van der Waals surface area contributed by atoms with Crippen LogP contribution in [-0.4, -0.2) is 31.3 Å². The molecule has 0 aromatic rings. The van der Waals surface area contributed by atoms with Gasteiger partial charge in [-0.05, 0) is 33.0 Å². The van der Waals surface area contributed by atoms with E-state index >= 15 is 0 Å². The fourth-order valence-electron chi connectivity index (χ4n) is 2.08. The molecule has 0 rings (SSSR count). The van der Waals surface area contributed by atoms with Crippen molar-refractivity contribution in [1.29, 1.82) is 0 Å². The summed E-state index contributed by atoms with van der Waals surface area (Å²) in [4.78, 5) is 14.4. The number of hydrogen-bond acceptors (Lipinski definition) is 2. The predicted molar refractivity (Wildman–Crippen MR) is 79.9 cm³/mol. The lowest BCUT2D eigenvalue weighted by Gasteiger charge is -2.26. The first-order valence-corrected chi connectivity index (χ1v) is 7.32. The summed E-state index contributed by atoms with van der Waals surface area (Å²) in [6.45, 7) is 7.35. The molecule has 0 aliphatic rings. The Balaban J connectivity index is 4.52. The minimum Gasteiger partial charge on any atom is -0.306 e. The number of hydrogen-bond donors (Lipinski definition) is 0. The summed E-state index contributed by atoms with van der Waals surface area (Å²) in [7, 11) is 4.03. The highest BCUT2D eigenvalue weighted by molar-refractivity contribution is 5.94. The second kappa shape index (κ2) is 9.32. The molecule has 0 amide bonds. The van der Waals surface area contributed by atoms with Crippen LogP contribution in [0.25, 0.3) is 0 Å². The number of likely N-dealkylation sites (N-methyl/N-ethyl adjacent to an activating group) is 1. The molecule has 0 aliphatic carbocycles. The highest BCUT2D eigenvalue weighted by Crippen LogP contribution is 2.32. The van der Waals surface area contributed by atoms with E-state index in [1.165, 1.54) is 0 Å². The zero-order valence-electron chi connectivity index (χ0n) is 13.0. The van der Waals surface area contributed by atoms with Gasteiger partial charge in [-0.1, -0.05) is 52.5 Å². The zero-order chi connectivity index (χ0) is 14.0. The van der Waals surface area contributed by atoms with E-state index < -0.39 is 0 Å². The second-order valence-electron chi connectivity index (χ2n) is 5.80. The Morgan fingerprint density at radius 3 is 2.00 bits per heavy atom. The van der Waals surface area contributed by atoms with Gasteiger partial charge in [-0.2, -0.15) is 0 Å². The van der Waals surface area contributed by atoms with Gasteiger partial charge in [0.25, 0.3) is 0 Å². The van der Waals surface area contributed by atoms with Crippen LogP contribution in [0.15, 0.2) is 12.2 Å². The first kappa shape index (κ1) is 17.4. The predicted octanol–water partition coefficient (Wildman–Crippen LogP) is 4.06. The molecule has 0 aliphatic heterocycles. The monoisotopic (exact) mass is 253 g/mol. The molecular weight excluding hydrogens is 222 g/mol. The Kier molecular flexibility index (Phi) is 8.99. The van der Waals surface area contributed by atoms with Crippen LogP contribution >= 0.6 is 0 Å². The minimum absolute atomic E-state index is 0.144. The van der Waals surface area contributed by atoms with E-state index in [2.05, 4.69) is 25.7 Å². The van der Waals surface area contributed by atoms with Crippen LogP contribution in [0, 0.1) is 5.41 Å². The lowest BCUT2D eigenvalue weighted by Crippen LogP contribution is -2.26. The minimum atomic E-state index is -0.144. The largest absolute Gasteiger partial charge is 0.306 e. The van der Waals surface area contributed by atoms with E-state index in [0.717, 1.165) is 45.1 Å². The van der Waals surface area contributed by atoms with Gasteiger partial charge in [-0.25, -0.2) is 0 Å². The van der Waals surface area contributed by atoms with Crippen molar-refractivity contribution in [3.05, 3.63) is 12.2 Å². The maximum absolute atomic E-state index is 12.4. The van der Waals surface area contributed by atoms with Crippen molar-refractivity contribution in [3.63, 3.8) is 0 Å². The van der Waals surface area contributed by atoms with E-state index in [-0.39, 0.29) is 5.41 Å². The molecule has 0 radical (unpaired) electrons. The smallest absolute Gasteiger partial charge is 0.161 e. The Bertz CT molecular complexity index is 248. The van der Waals surface area contributed by atoms with Crippen LogP contribution in [0.4, 0.5) is 0 Å². The Morgan fingerprint density at radius 2 is 1.61 bits per heavy atom. The molecule has 0 spiro atoms. The third kappa shape index (κ3) is 6.95. The van der Waals surface area contributed by atoms with Crippen molar-refractivity contribution in [2.24, 2.45) is 5.41 Å². The first-order chi connectivity index (χ1) is 8.46. The Morgan fingerprint density at radius 1 is 1.11 bits per heavy atom. The van der Waals surface area contributed by atoms with E-state index in [0.29, 0.717) is 5.78 Å². The number of allylic oxidation sites excluding steroid dienone is 1. The molecule has 0 saturated carbocycles. The third-order valence-corrected chi connectivity index (χ3v) is 3.50. The molecule has 0 N–H and O–H groups in total. The molecule has 0 saturated heterocycles. The number of rotatable bonds is 10. The number of ketones is 1. The molecular formula is C16H31NO. The first-order valence-electron chi connectivity index (χ1n) is 7.32. The van der Waals surface area contributed by atoms with Gasteiger partial charge in [0.1, 0.15) is 0 Å². The molecule has 0 atom stereocenters. The molecule has 0 aromatic heterocycles. The van der Waals surface area contributed by atoms with Gasteiger partial charge < -0.3 is 4.90 Å². The van der Waals surface area contributed by atoms with Crippen LogP contribution in [0.2, 0.25) is 0 Å². The summed E-state index contributed by atoms with van der Waals surface area (Å²) in [6, 6.07) is 0. The SMILES string of the molecule is CCCCC(C)(CCCC)C(=O)/C=C/CN(C)C. The summed E-state index contributed by atoms with van der Waals surface area (Å²) in [6.07, 6.45) is 10.4. The average Bonchev–Trinajstić information content (AvgIpc) is 2.33. The van der Waals surface area contributed by atoms with Crippen LogP contribution in [0.1, 0.15) is 59.3 Å². The quantitative estimate of drug-likeness (QED) is 0.547. The van der Waals surface area contributed by atoms with E-state index in [1.54, 1.807) is 6.08 Å². The summed E-state index contributed by atoms with van der Waals surface area (Å²) in [5.41, 5.74) is -0.144. The van der Waals surface area contributed by atoms with Gasteiger partial charge in [0.05, 0.1) is 0 Å². The fraction of sp³-hybridized carbons (Fsp3) is 0.812. The van der Waals surface area contributed by atoms with Crippen molar-refractivity contribution < 1.29 is 4.79 Å². The van der Waals surface area contributed by atoms with Gasteiger partial charge in [-0.15, -0.1) is 0 Å². The average molecular weight is 253 g/mol. The highest BCUT2D eigenvalue weighted by atomic mass is 16.1. The molecule has 2 heteroatoms. The molecule has 106 valence electrons. The zero-order valence-corrected chi connectivity index (χ0v) is 13.0. The molecule has 0 unspecified atom stereocenters. The van der Waals surface area contributed by atoms with Crippen molar-refractivity contribution in [1.82, 2.24) is 4.90 Å². The summed E-state index contributed by atoms with van der Waals surface area (Å²) >= 11 is 0. The van der Waals surface area contributed by atoms with Gasteiger partial charge >= 0.3 is 0 Å². The fourth-order valence-corrected chi connectivity index (χ4v) is 2.08. The lowest BCUT2D eigenvalue weighted by atomic mass is 9.76. The van der Waals surface area contributed by atoms with Crippen LogP contribution in [-0.2, 0) is 4.79 Å². The molecule has 0 bridgehead atoms.